The van der Waals surface area contributed by atoms with Crippen molar-refractivity contribution in [3.63, 3.8) is 0 Å². The quantitative estimate of drug-likeness (QED) is 0.764. The number of hydrogen-bond donors (Lipinski definition) is 0. The number of anilines is 2. The van der Waals surface area contributed by atoms with Crippen LogP contribution in [0.1, 0.15) is 20.8 Å². The fourth-order valence-electron chi connectivity index (χ4n) is 3.97. The van der Waals surface area contributed by atoms with E-state index in [0.717, 1.165) is 6.67 Å². The number of nitrogens with zero attached hydrogens (tertiary/aromatic N) is 3. The van der Waals surface area contributed by atoms with Crippen LogP contribution in [-0.4, -0.2) is 30.9 Å². The van der Waals surface area contributed by atoms with Gasteiger partial charge in [0.1, 0.15) is 0 Å². The summed E-state index contributed by atoms with van der Waals surface area (Å²) in [7, 11) is 0. The molecule has 1 aliphatic heterocycles. The lowest BCUT2D eigenvalue weighted by Crippen LogP contribution is -2.74. The van der Waals surface area contributed by atoms with E-state index in [9.17, 15) is 0 Å². The second-order valence-corrected chi connectivity index (χ2v) is 7.59. The Balaban J connectivity index is 2.02. The molecule has 1 aliphatic rings. The summed E-state index contributed by atoms with van der Waals surface area (Å²) in [5.41, 5.74) is 2.62. The van der Waals surface area contributed by atoms with Crippen LogP contribution in [0.4, 0.5) is 11.4 Å². The van der Waals surface area contributed by atoms with E-state index < -0.39 is 0 Å². The van der Waals surface area contributed by atoms with Crippen LogP contribution in [0, 0.1) is 0 Å². The highest BCUT2D eigenvalue weighted by Gasteiger charge is 2.45. The van der Waals surface area contributed by atoms with Gasteiger partial charge in [0.25, 0.3) is 0 Å². The predicted octanol–water partition coefficient (Wildman–Crippen LogP) is 4.31. The first-order valence-electron chi connectivity index (χ1n) is 8.81. The van der Waals surface area contributed by atoms with Crippen LogP contribution >= 0.6 is 0 Å². The van der Waals surface area contributed by atoms with Crippen molar-refractivity contribution in [2.24, 2.45) is 0 Å². The van der Waals surface area contributed by atoms with Crippen molar-refractivity contribution in [2.75, 3.05) is 16.3 Å². The molecule has 0 aromatic heterocycles. The largest absolute Gasteiger partial charge is 0.386 e. The monoisotopic (exact) mass is 319 g/mol. The molecule has 124 valence electrons. The topological polar surface area (TPSA) is 9.72 Å². The lowest BCUT2D eigenvalue weighted by atomic mass is 9.54. The molecule has 24 heavy (non-hydrogen) atoms. The van der Waals surface area contributed by atoms with Crippen molar-refractivity contribution >= 4 is 25.3 Å². The maximum Gasteiger partial charge on any atom is 0.331 e. The smallest absolute Gasteiger partial charge is 0.331 e. The Morgan fingerprint density at radius 2 is 1.08 bits per heavy atom. The first kappa shape index (κ1) is 17.0. The highest BCUT2D eigenvalue weighted by atomic mass is 15.4. The zero-order chi connectivity index (χ0) is 17.3. The highest BCUT2D eigenvalue weighted by Crippen LogP contribution is 2.31. The molecule has 0 amide bonds. The lowest BCUT2D eigenvalue weighted by molar-refractivity contribution is 0.353. The molecule has 1 fully saturated rings. The van der Waals surface area contributed by atoms with E-state index in [1.807, 2.05) is 0 Å². The van der Waals surface area contributed by atoms with Crippen LogP contribution in [0.15, 0.2) is 60.7 Å². The first-order valence-corrected chi connectivity index (χ1v) is 8.81. The molecule has 0 atom stereocenters. The zero-order valence-corrected chi connectivity index (χ0v) is 15.5. The molecule has 0 aliphatic carbocycles. The van der Waals surface area contributed by atoms with Gasteiger partial charge in [-0.25, -0.2) is 0 Å². The number of benzene rings is 2. The Bertz CT molecular complexity index is 606. The van der Waals surface area contributed by atoms with Gasteiger partial charge in [-0.3, -0.25) is 0 Å². The summed E-state index contributed by atoms with van der Waals surface area (Å²) >= 11 is 0. The van der Waals surface area contributed by atoms with Gasteiger partial charge in [-0.15, -0.1) is 0 Å². The fourth-order valence-corrected chi connectivity index (χ4v) is 3.97. The average molecular weight is 319 g/mol. The Hall–Kier alpha value is -1.87. The van der Waals surface area contributed by atoms with Crippen LogP contribution in [-0.2, 0) is 0 Å². The molecular weight excluding hydrogens is 292 g/mol. The van der Waals surface area contributed by atoms with E-state index >= 15 is 0 Å². The highest BCUT2D eigenvalue weighted by molar-refractivity contribution is 6.77. The van der Waals surface area contributed by atoms with Crippen LogP contribution in [0.25, 0.3) is 0 Å². The van der Waals surface area contributed by atoms with Crippen molar-refractivity contribution in [3.8, 4) is 0 Å². The summed E-state index contributed by atoms with van der Waals surface area (Å²) < 4.78 is 2.59. The summed E-state index contributed by atoms with van der Waals surface area (Å²) in [5, 5.41) is 0. The third kappa shape index (κ3) is 3.18. The molecule has 0 spiro atoms. The van der Waals surface area contributed by atoms with E-state index in [4.69, 9.17) is 0 Å². The average Bonchev–Trinajstić information content (AvgIpc) is 2.55. The van der Waals surface area contributed by atoms with Gasteiger partial charge in [-0.05, 0) is 50.6 Å². The molecule has 5 heteroatoms. The molecule has 3 nitrogen and oxygen atoms in total. The maximum absolute atomic E-state index is 2.59. The van der Waals surface area contributed by atoms with Crippen molar-refractivity contribution in [1.29, 1.82) is 0 Å². The molecule has 0 saturated carbocycles. The van der Waals surface area contributed by atoms with Crippen LogP contribution in [0.5, 0.6) is 0 Å². The number of hydrogen-bond acceptors (Lipinski definition) is 3. The molecule has 0 unspecified atom stereocenters. The van der Waals surface area contributed by atoms with Gasteiger partial charge in [0.2, 0.25) is 0 Å². The van der Waals surface area contributed by atoms with Gasteiger partial charge >= 0.3 is 14.0 Å². The van der Waals surface area contributed by atoms with E-state index in [0.29, 0.717) is 14.0 Å². The summed E-state index contributed by atoms with van der Waals surface area (Å²) in [4.78, 5) is 4.97. The molecule has 2 aromatic rings. The summed E-state index contributed by atoms with van der Waals surface area (Å²) in [6.07, 6.45) is 0. The third-order valence-electron chi connectivity index (χ3n) is 4.96. The van der Waals surface area contributed by atoms with Gasteiger partial charge < -0.3 is 14.3 Å². The molecule has 0 radical (unpaired) electrons. The SMILES string of the molecule is CB1N(c2ccccc2)CN(c2ccccc2)B(C)N1C(C)(C)C. The molecule has 0 N–H and O–H groups in total. The number of para-hydroxylation sites is 2. The second kappa shape index (κ2) is 6.56. The van der Waals surface area contributed by atoms with Gasteiger partial charge in [-0.2, -0.15) is 0 Å². The Labute approximate surface area is 147 Å². The minimum Gasteiger partial charge on any atom is -0.386 e. The molecule has 3 rings (SSSR count). The van der Waals surface area contributed by atoms with E-state index in [2.05, 4.69) is 109 Å². The molecule has 2 aromatic carbocycles. The van der Waals surface area contributed by atoms with Crippen LogP contribution in [0.2, 0.25) is 13.6 Å². The summed E-state index contributed by atoms with van der Waals surface area (Å²) in [6, 6.07) is 21.5. The minimum absolute atomic E-state index is 0.0827. The Kier molecular flexibility index (Phi) is 4.64. The van der Waals surface area contributed by atoms with Gasteiger partial charge in [0.05, 0.1) is 6.67 Å². The van der Waals surface area contributed by atoms with E-state index in [1.165, 1.54) is 11.4 Å². The van der Waals surface area contributed by atoms with Gasteiger partial charge in [0.15, 0.2) is 0 Å². The van der Waals surface area contributed by atoms with Crippen molar-refractivity contribution < 1.29 is 0 Å². The fraction of sp³-hybridized carbons (Fsp3) is 0.368. The predicted molar refractivity (Wildman–Crippen MR) is 108 cm³/mol. The summed E-state index contributed by atoms with van der Waals surface area (Å²) in [6.45, 7) is 13.1. The first-order chi connectivity index (χ1) is 11.4. The third-order valence-corrected chi connectivity index (χ3v) is 4.96. The second-order valence-electron chi connectivity index (χ2n) is 7.59. The lowest BCUT2D eigenvalue weighted by Gasteiger charge is -2.55. The molecule has 1 heterocycles. The molecule has 0 bridgehead atoms. The molecule has 1 saturated heterocycles. The summed E-state index contributed by atoms with van der Waals surface area (Å²) in [5.74, 6) is 0. The standard InChI is InChI=1S/C19H27B2N3/c1-19(2,3)24-20(4)22(17-12-8-6-9-13-17)16-23(21(24)5)18-14-10-7-11-15-18/h6-15H,16H2,1-5H3. The van der Waals surface area contributed by atoms with Crippen LogP contribution in [0.3, 0.4) is 0 Å². The van der Waals surface area contributed by atoms with Gasteiger partial charge in [0, 0.05) is 11.4 Å². The maximum atomic E-state index is 2.59. The number of rotatable bonds is 2. The van der Waals surface area contributed by atoms with Crippen LogP contribution < -0.4 is 9.62 Å². The molecular formula is C19H27B2N3. The van der Waals surface area contributed by atoms with E-state index in [-0.39, 0.29) is 5.54 Å². The Morgan fingerprint density at radius 3 is 1.42 bits per heavy atom. The normalized spacial score (nSPS) is 16.7. The van der Waals surface area contributed by atoms with Crippen molar-refractivity contribution in [3.05, 3.63) is 60.7 Å². The van der Waals surface area contributed by atoms with Gasteiger partial charge in [-0.1, -0.05) is 50.0 Å². The minimum atomic E-state index is 0.0827. The van der Waals surface area contributed by atoms with Crippen molar-refractivity contribution in [1.82, 2.24) is 4.72 Å². The Morgan fingerprint density at radius 1 is 0.708 bits per heavy atom. The van der Waals surface area contributed by atoms with Crippen molar-refractivity contribution in [2.45, 2.75) is 40.0 Å². The van der Waals surface area contributed by atoms with E-state index in [1.54, 1.807) is 0 Å². The zero-order valence-electron chi connectivity index (χ0n) is 15.5.